The third kappa shape index (κ3) is 4.28. The van der Waals surface area contributed by atoms with Crippen LogP contribution in [0, 0.1) is 0 Å². The van der Waals surface area contributed by atoms with Gasteiger partial charge in [-0.1, -0.05) is 6.92 Å². The predicted octanol–water partition coefficient (Wildman–Crippen LogP) is -0.596. The molecule has 0 bridgehead atoms. The Morgan fingerprint density at radius 2 is 2.20 bits per heavy atom. The van der Waals surface area contributed by atoms with Crippen LogP contribution in [0.1, 0.15) is 13.3 Å². The first-order valence-electron chi connectivity index (χ1n) is 2.72. The number of carbonyl (C=O) groups excluding carboxylic acids is 1. The van der Waals surface area contributed by atoms with E-state index in [0.29, 0.717) is 6.42 Å². The van der Waals surface area contributed by atoms with Gasteiger partial charge < -0.3 is 0 Å². The lowest BCUT2D eigenvalue weighted by Gasteiger charge is -1.99. The molecule has 60 valence electrons. The molecular weight excluding hydrogens is 158 g/mol. The second-order valence-electron chi connectivity index (χ2n) is 1.51. The van der Waals surface area contributed by atoms with Crippen molar-refractivity contribution in [3.05, 3.63) is 0 Å². The highest BCUT2D eigenvalue weighted by Crippen LogP contribution is 1.87. The standard InChI is InChI=1S/C4H9NO4S/c1-2-3-9-10(7,8)5-4-6/h4H,2-3H2,1H3,(H,5,6). The van der Waals surface area contributed by atoms with Gasteiger partial charge in [0.25, 0.3) is 0 Å². The summed E-state index contributed by atoms with van der Waals surface area (Å²) in [5.74, 6) is 0. The molecule has 0 aromatic heterocycles. The fraction of sp³-hybridized carbons (Fsp3) is 0.750. The van der Waals surface area contributed by atoms with Crippen LogP contribution in [-0.4, -0.2) is 21.4 Å². The molecule has 0 fully saturated rings. The van der Waals surface area contributed by atoms with Crippen LogP contribution in [0.2, 0.25) is 0 Å². The second kappa shape index (κ2) is 4.24. The molecule has 0 aliphatic carbocycles. The lowest BCUT2D eigenvalue weighted by molar-refractivity contribution is -0.108. The van der Waals surface area contributed by atoms with Gasteiger partial charge in [-0.05, 0) is 6.42 Å². The van der Waals surface area contributed by atoms with E-state index in [0.717, 1.165) is 0 Å². The van der Waals surface area contributed by atoms with Gasteiger partial charge >= 0.3 is 10.3 Å². The first kappa shape index (κ1) is 9.38. The normalized spacial score (nSPS) is 10.9. The number of rotatable bonds is 5. The summed E-state index contributed by atoms with van der Waals surface area (Å²) in [4.78, 5) is 9.61. The highest BCUT2D eigenvalue weighted by atomic mass is 32.2. The molecule has 0 spiro atoms. The maximum Gasteiger partial charge on any atom is 0.361 e. The minimum absolute atomic E-state index is 0.0605. The molecule has 0 rings (SSSR count). The monoisotopic (exact) mass is 167 g/mol. The van der Waals surface area contributed by atoms with Gasteiger partial charge in [0, 0.05) is 0 Å². The van der Waals surface area contributed by atoms with Crippen molar-refractivity contribution < 1.29 is 17.4 Å². The SMILES string of the molecule is CCCOS(=O)(=O)NC=O. The highest BCUT2D eigenvalue weighted by molar-refractivity contribution is 7.85. The zero-order chi connectivity index (χ0) is 8.04. The molecule has 0 atom stereocenters. The van der Waals surface area contributed by atoms with Crippen molar-refractivity contribution in [2.24, 2.45) is 0 Å². The Hall–Kier alpha value is -0.620. The highest BCUT2D eigenvalue weighted by Gasteiger charge is 2.05. The Bertz CT molecular complexity index is 185. The molecule has 6 heteroatoms. The van der Waals surface area contributed by atoms with Gasteiger partial charge in [-0.3, -0.25) is 8.98 Å². The van der Waals surface area contributed by atoms with E-state index in [1.807, 2.05) is 0 Å². The van der Waals surface area contributed by atoms with Crippen LogP contribution in [0.15, 0.2) is 0 Å². The van der Waals surface area contributed by atoms with E-state index in [1.165, 1.54) is 4.72 Å². The Kier molecular flexibility index (Phi) is 3.97. The molecule has 0 heterocycles. The van der Waals surface area contributed by atoms with Gasteiger partial charge in [0.1, 0.15) is 0 Å². The summed E-state index contributed by atoms with van der Waals surface area (Å²) in [6.07, 6.45) is 0.644. The molecule has 0 saturated heterocycles. The fourth-order valence-electron chi connectivity index (χ4n) is 0.286. The predicted molar refractivity (Wildman–Crippen MR) is 34.4 cm³/mol. The van der Waals surface area contributed by atoms with Crippen LogP contribution >= 0.6 is 0 Å². The first-order valence-corrected chi connectivity index (χ1v) is 4.13. The number of hydrogen-bond donors (Lipinski definition) is 1. The quantitative estimate of drug-likeness (QED) is 0.555. The smallest absolute Gasteiger partial charge is 0.278 e. The Morgan fingerprint density at radius 1 is 1.60 bits per heavy atom. The molecular formula is C4H9NO4S. The van der Waals surface area contributed by atoms with E-state index >= 15 is 0 Å². The van der Waals surface area contributed by atoms with Crippen molar-refractivity contribution in [2.45, 2.75) is 13.3 Å². The van der Waals surface area contributed by atoms with Crippen LogP contribution in [0.5, 0.6) is 0 Å². The van der Waals surface area contributed by atoms with E-state index < -0.39 is 10.3 Å². The summed E-state index contributed by atoms with van der Waals surface area (Å²) in [7, 11) is -3.81. The third-order valence-electron chi connectivity index (χ3n) is 0.635. The van der Waals surface area contributed by atoms with Crippen molar-refractivity contribution >= 4 is 16.7 Å². The van der Waals surface area contributed by atoms with E-state index in [1.54, 1.807) is 6.92 Å². The average Bonchev–Trinajstić information content (AvgIpc) is 1.84. The van der Waals surface area contributed by atoms with Crippen molar-refractivity contribution in [1.82, 2.24) is 4.72 Å². The fourth-order valence-corrected chi connectivity index (χ4v) is 0.858. The van der Waals surface area contributed by atoms with Gasteiger partial charge in [-0.2, -0.15) is 8.42 Å². The molecule has 0 aliphatic heterocycles. The minimum Gasteiger partial charge on any atom is -0.278 e. The maximum absolute atomic E-state index is 10.4. The van der Waals surface area contributed by atoms with Gasteiger partial charge in [0.05, 0.1) is 6.61 Å². The lowest BCUT2D eigenvalue weighted by Crippen LogP contribution is -2.24. The molecule has 0 radical (unpaired) electrons. The maximum atomic E-state index is 10.4. The van der Waals surface area contributed by atoms with E-state index in [4.69, 9.17) is 0 Å². The number of amides is 1. The summed E-state index contributed by atoms with van der Waals surface area (Å²) in [5.41, 5.74) is 0. The Labute approximate surface area is 59.6 Å². The van der Waals surface area contributed by atoms with Gasteiger partial charge in [-0.25, -0.2) is 4.72 Å². The van der Waals surface area contributed by atoms with Crippen molar-refractivity contribution in [3.63, 3.8) is 0 Å². The zero-order valence-corrected chi connectivity index (χ0v) is 6.35. The summed E-state index contributed by atoms with van der Waals surface area (Å²) in [5, 5.41) is 0. The summed E-state index contributed by atoms with van der Waals surface area (Å²) in [6.45, 7) is 1.85. The van der Waals surface area contributed by atoms with Gasteiger partial charge in [0.15, 0.2) is 0 Å². The molecule has 0 aromatic rings. The lowest BCUT2D eigenvalue weighted by atomic mass is 10.5. The summed E-state index contributed by atoms with van der Waals surface area (Å²) >= 11 is 0. The summed E-state index contributed by atoms with van der Waals surface area (Å²) in [6, 6.07) is 0. The Balaban J connectivity index is 3.76. The van der Waals surface area contributed by atoms with Crippen LogP contribution in [0.25, 0.3) is 0 Å². The van der Waals surface area contributed by atoms with Gasteiger partial charge in [0.2, 0.25) is 6.41 Å². The molecule has 10 heavy (non-hydrogen) atoms. The average molecular weight is 167 g/mol. The minimum atomic E-state index is -3.81. The summed E-state index contributed by atoms with van der Waals surface area (Å²) < 4.78 is 26.6. The largest absolute Gasteiger partial charge is 0.361 e. The third-order valence-corrected chi connectivity index (χ3v) is 1.50. The molecule has 0 aromatic carbocycles. The molecule has 5 nitrogen and oxygen atoms in total. The van der Waals surface area contributed by atoms with Crippen LogP contribution in [0.3, 0.4) is 0 Å². The van der Waals surface area contributed by atoms with Crippen LogP contribution in [-0.2, 0) is 19.3 Å². The van der Waals surface area contributed by atoms with Crippen molar-refractivity contribution in [2.75, 3.05) is 6.61 Å². The first-order chi connectivity index (χ1) is 4.62. The Morgan fingerprint density at radius 3 is 2.60 bits per heavy atom. The van der Waals surface area contributed by atoms with E-state index in [2.05, 4.69) is 4.18 Å². The van der Waals surface area contributed by atoms with Crippen molar-refractivity contribution in [3.8, 4) is 0 Å². The van der Waals surface area contributed by atoms with Crippen LogP contribution < -0.4 is 4.72 Å². The zero-order valence-electron chi connectivity index (χ0n) is 5.53. The number of hydrogen-bond acceptors (Lipinski definition) is 4. The molecule has 1 N–H and O–H groups in total. The second-order valence-corrected chi connectivity index (χ2v) is 2.89. The molecule has 0 saturated carbocycles. The van der Waals surface area contributed by atoms with E-state index in [9.17, 15) is 13.2 Å². The van der Waals surface area contributed by atoms with Gasteiger partial charge in [-0.15, -0.1) is 0 Å². The number of carbonyl (C=O) groups is 1. The van der Waals surface area contributed by atoms with E-state index in [-0.39, 0.29) is 13.0 Å². The molecule has 0 unspecified atom stereocenters. The number of nitrogens with one attached hydrogen (secondary N) is 1. The topological polar surface area (TPSA) is 72.5 Å². The van der Waals surface area contributed by atoms with Crippen molar-refractivity contribution in [1.29, 1.82) is 0 Å². The van der Waals surface area contributed by atoms with Crippen LogP contribution in [0.4, 0.5) is 0 Å². The molecule has 1 amide bonds. The molecule has 0 aliphatic rings.